The zero-order valence-corrected chi connectivity index (χ0v) is 15.0. The SMILES string of the molecule is COc1c(Br)cc(/C=N\n2c(=S)[nH]nc(C)c2=O)cc1Br. The van der Waals surface area contributed by atoms with Crippen LogP contribution in [0.2, 0.25) is 0 Å². The molecule has 6 nitrogen and oxygen atoms in total. The number of nitrogens with one attached hydrogen (secondary N) is 1. The fourth-order valence-corrected chi connectivity index (χ4v) is 3.27. The second-order valence-corrected chi connectivity index (χ2v) is 6.09. The first-order valence-corrected chi connectivity index (χ1v) is 7.69. The summed E-state index contributed by atoms with van der Waals surface area (Å²) in [6, 6.07) is 3.64. The van der Waals surface area contributed by atoms with Gasteiger partial charge in [-0.25, -0.2) is 0 Å². The van der Waals surface area contributed by atoms with Crippen molar-refractivity contribution in [3.63, 3.8) is 0 Å². The monoisotopic (exact) mass is 432 g/mol. The third-order valence-corrected chi connectivity index (χ3v) is 4.00. The Bertz CT molecular complexity index is 806. The zero-order valence-electron chi connectivity index (χ0n) is 11.1. The van der Waals surface area contributed by atoms with Crippen LogP contribution < -0.4 is 10.3 Å². The van der Waals surface area contributed by atoms with Crippen molar-refractivity contribution in [3.05, 3.63) is 47.5 Å². The number of methoxy groups -OCH3 is 1. The van der Waals surface area contributed by atoms with Gasteiger partial charge in [0.15, 0.2) is 0 Å². The predicted molar refractivity (Wildman–Crippen MR) is 89.8 cm³/mol. The third kappa shape index (κ3) is 3.47. The van der Waals surface area contributed by atoms with E-state index in [-0.39, 0.29) is 16.0 Å². The van der Waals surface area contributed by atoms with E-state index in [2.05, 4.69) is 47.2 Å². The fourth-order valence-electron chi connectivity index (χ4n) is 1.55. The number of aromatic amines is 1. The van der Waals surface area contributed by atoms with Crippen molar-refractivity contribution < 1.29 is 4.74 Å². The van der Waals surface area contributed by atoms with Gasteiger partial charge >= 0.3 is 0 Å². The predicted octanol–water partition coefficient (Wildman–Crippen LogP) is 3.03. The Balaban J connectivity index is 2.46. The van der Waals surface area contributed by atoms with Crippen molar-refractivity contribution in [2.75, 3.05) is 7.11 Å². The maximum absolute atomic E-state index is 11.9. The molecule has 2 rings (SSSR count). The minimum atomic E-state index is -0.360. The molecule has 1 aromatic carbocycles. The number of rotatable bonds is 3. The lowest BCUT2D eigenvalue weighted by Gasteiger charge is -2.06. The highest BCUT2D eigenvalue weighted by molar-refractivity contribution is 9.11. The van der Waals surface area contributed by atoms with Crippen molar-refractivity contribution in [3.8, 4) is 5.75 Å². The number of halogens is 2. The van der Waals surface area contributed by atoms with E-state index in [1.807, 2.05) is 12.1 Å². The summed E-state index contributed by atoms with van der Waals surface area (Å²) in [7, 11) is 1.58. The summed E-state index contributed by atoms with van der Waals surface area (Å²) < 4.78 is 7.98. The maximum Gasteiger partial charge on any atom is 0.296 e. The number of aromatic nitrogens is 3. The molecule has 0 aliphatic heterocycles. The summed E-state index contributed by atoms with van der Waals surface area (Å²) in [5.41, 5.74) is 0.699. The minimum Gasteiger partial charge on any atom is -0.494 e. The van der Waals surface area contributed by atoms with E-state index in [9.17, 15) is 4.79 Å². The van der Waals surface area contributed by atoms with Crippen molar-refractivity contribution in [2.45, 2.75) is 6.92 Å². The molecule has 0 unspecified atom stereocenters. The summed E-state index contributed by atoms with van der Waals surface area (Å²) in [5.74, 6) is 0.682. The highest BCUT2D eigenvalue weighted by atomic mass is 79.9. The first-order chi connectivity index (χ1) is 9.93. The Morgan fingerprint density at radius 1 is 1.43 bits per heavy atom. The Hall–Kier alpha value is -1.32. The van der Waals surface area contributed by atoms with Gasteiger partial charge in [0, 0.05) is 0 Å². The molecule has 1 aromatic heterocycles. The first kappa shape index (κ1) is 16.1. The van der Waals surface area contributed by atoms with Gasteiger partial charge in [-0.3, -0.25) is 9.89 Å². The zero-order chi connectivity index (χ0) is 15.6. The molecule has 0 fully saturated rings. The molecule has 0 bridgehead atoms. The van der Waals surface area contributed by atoms with Gasteiger partial charge in [0.25, 0.3) is 5.56 Å². The van der Waals surface area contributed by atoms with Crippen molar-refractivity contribution in [2.24, 2.45) is 5.10 Å². The quantitative estimate of drug-likeness (QED) is 0.596. The van der Waals surface area contributed by atoms with E-state index in [1.165, 1.54) is 6.21 Å². The summed E-state index contributed by atoms with van der Waals surface area (Å²) in [4.78, 5) is 11.9. The summed E-state index contributed by atoms with van der Waals surface area (Å²) >= 11 is 11.8. The average molecular weight is 434 g/mol. The smallest absolute Gasteiger partial charge is 0.296 e. The van der Waals surface area contributed by atoms with Crippen LogP contribution in [0.1, 0.15) is 11.3 Å². The van der Waals surface area contributed by atoms with Gasteiger partial charge in [-0.2, -0.15) is 14.9 Å². The van der Waals surface area contributed by atoms with Gasteiger partial charge in [0.1, 0.15) is 11.4 Å². The number of benzene rings is 1. The maximum atomic E-state index is 11.9. The van der Waals surface area contributed by atoms with Gasteiger partial charge in [-0.05, 0) is 68.7 Å². The number of hydrogen-bond donors (Lipinski definition) is 1. The largest absolute Gasteiger partial charge is 0.494 e. The van der Waals surface area contributed by atoms with E-state index < -0.39 is 0 Å². The molecule has 0 amide bonds. The molecule has 21 heavy (non-hydrogen) atoms. The molecule has 0 spiro atoms. The molecule has 0 radical (unpaired) electrons. The number of aryl methyl sites for hydroxylation is 1. The Kier molecular flexibility index (Phi) is 5.07. The third-order valence-electron chi connectivity index (χ3n) is 2.56. The molecule has 0 aliphatic rings. The molecular formula is C12H10Br2N4O2S. The molecule has 0 saturated heterocycles. The molecule has 110 valence electrons. The number of hydrogen-bond acceptors (Lipinski definition) is 5. The first-order valence-electron chi connectivity index (χ1n) is 5.69. The van der Waals surface area contributed by atoms with Crippen molar-refractivity contribution in [1.82, 2.24) is 14.9 Å². The molecular weight excluding hydrogens is 424 g/mol. The molecule has 0 atom stereocenters. The summed E-state index contributed by atoms with van der Waals surface area (Å²) in [5, 5.41) is 10.4. The van der Waals surface area contributed by atoms with Gasteiger partial charge < -0.3 is 4.74 Å². The molecule has 0 saturated carbocycles. The molecule has 9 heteroatoms. The van der Waals surface area contributed by atoms with Crippen LogP contribution in [0.25, 0.3) is 0 Å². The summed E-state index contributed by atoms with van der Waals surface area (Å²) in [6.07, 6.45) is 1.53. The highest BCUT2D eigenvalue weighted by Crippen LogP contribution is 2.33. The Morgan fingerprint density at radius 3 is 2.62 bits per heavy atom. The lowest BCUT2D eigenvalue weighted by atomic mass is 10.2. The number of ether oxygens (including phenoxy) is 1. The van der Waals surface area contributed by atoms with Gasteiger partial charge in [-0.1, -0.05) is 0 Å². The standard InChI is InChI=1S/C12H10Br2N4O2S/c1-6-11(19)18(12(21)17-16-6)15-5-7-3-8(13)10(20-2)9(14)4-7/h3-5H,1-2H3,(H,17,21)/b15-5-. The van der Waals surface area contributed by atoms with Crippen LogP contribution >= 0.6 is 44.1 Å². The number of H-pyrrole nitrogens is 1. The van der Waals surface area contributed by atoms with E-state index in [1.54, 1.807) is 14.0 Å². The second kappa shape index (κ2) is 6.63. The van der Waals surface area contributed by atoms with Crippen molar-refractivity contribution >= 4 is 50.3 Å². The van der Waals surface area contributed by atoms with E-state index in [0.717, 1.165) is 19.2 Å². The van der Waals surface area contributed by atoms with E-state index >= 15 is 0 Å². The lowest BCUT2D eigenvalue weighted by molar-refractivity contribution is 0.409. The average Bonchev–Trinajstić information content (AvgIpc) is 2.43. The van der Waals surface area contributed by atoms with Crippen LogP contribution in [0.3, 0.4) is 0 Å². The Morgan fingerprint density at radius 2 is 2.05 bits per heavy atom. The van der Waals surface area contributed by atoms with Gasteiger partial charge in [0.05, 0.1) is 22.3 Å². The van der Waals surface area contributed by atoms with Crippen LogP contribution in [0, 0.1) is 11.7 Å². The van der Waals surface area contributed by atoms with Crippen LogP contribution in [-0.2, 0) is 0 Å². The summed E-state index contributed by atoms with van der Waals surface area (Å²) in [6.45, 7) is 1.58. The Labute approximate surface area is 142 Å². The molecule has 0 aliphatic carbocycles. The van der Waals surface area contributed by atoms with Crippen LogP contribution in [0.5, 0.6) is 5.75 Å². The van der Waals surface area contributed by atoms with E-state index in [0.29, 0.717) is 5.75 Å². The fraction of sp³-hybridized carbons (Fsp3) is 0.167. The van der Waals surface area contributed by atoms with Crippen molar-refractivity contribution in [1.29, 1.82) is 0 Å². The van der Waals surface area contributed by atoms with Gasteiger partial charge in [0.2, 0.25) is 4.77 Å². The van der Waals surface area contributed by atoms with Crippen LogP contribution in [0.15, 0.2) is 31.0 Å². The second-order valence-electron chi connectivity index (χ2n) is 3.99. The number of nitrogens with zero attached hydrogens (tertiary/aromatic N) is 3. The van der Waals surface area contributed by atoms with Crippen LogP contribution in [0.4, 0.5) is 0 Å². The lowest BCUT2D eigenvalue weighted by Crippen LogP contribution is -2.22. The molecule has 1 N–H and O–H groups in total. The molecule has 1 heterocycles. The van der Waals surface area contributed by atoms with Gasteiger partial charge in [-0.15, -0.1) is 0 Å². The highest BCUT2D eigenvalue weighted by Gasteiger charge is 2.07. The topological polar surface area (TPSA) is 72.3 Å². The van der Waals surface area contributed by atoms with Crippen LogP contribution in [-0.4, -0.2) is 28.2 Å². The molecule has 2 aromatic rings. The van der Waals surface area contributed by atoms with E-state index in [4.69, 9.17) is 17.0 Å². The minimum absolute atomic E-state index is 0.133. The normalized spacial score (nSPS) is 11.0.